The predicted octanol–water partition coefficient (Wildman–Crippen LogP) is 5.11. The van der Waals surface area contributed by atoms with E-state index in [-0.39, 0.29) is 28.0 Å². The van der Waals surface area contributed by atoms with Gasteiger partial charge in [-0.2, -0.15) is 8.78 Å². The lowest BCUT2D eigenvalue weighted by Gasteiger charge is -2.14. The molecule has 3 aromatic carbocycles. The number of fused-ring (bicyclic) bond motifs is 1. The fourth-order valence-electron chi connectivity index (χ4n) is 3.32. The minimum absolute atomic E-state index is 0.0665. The van der Waals surface area contributed by atoms with Gasteiger partial charge in [0, 0.05) is 0 Å². The third-order valence-electron chi connectivity index (χ3n) is 4.86. The average molecular weight is 486 g/mol. The van der Waals surface area contributed by atoms with Crippen LogP contribution in [0.25, 0.3) is 16.6 Å². The average Bonchev–Trinajstić information content (AvgIpc) is 2.83. The summed E-state index contributed by atoms with van der Waals surface area (Å²) >= 11 is 0.987. The highest BCUT2D eigenvalue weighted by molar-refractivity contribution is 7.99. The highest BCUT2D eigenvalue weighted by atomic mass is 32.2. The molecule has 4 aromatic rings. The number of thioether (sulfide) groups is 1. The predicted molar refractivity (Wildman–Crippen MR) is 122 cm³/mol. The minimum Gasteiger partial charge on any atom is -0.496 e. The number of nitrogens with zero attached hydrogens (tertiary/aromatic N) is 2. The van der Waals surface area contributed by atoms with E-state index < -0.39 is 23.8 Å². The number of carbonyl (C=O) groups is 1. The molecule has 0 aliphatic carbocycles. The Morgan fingerprint density at radius 1 is 1.09 bits per heavy atom. The second-order valence-corrected chi connectivity index (χ2v) is 7.92. The van der Waals surface area contributed by atoms with Crippen molar-refractivity contribution < 1.29 is 27.4 Å². The summed E-state index contributed by atoms with van der Waals surface area (Å²) in [7, 11) is 1.38. The Labute approximate surface area is 196 Å². The number of ketones is 1. The molecule has 0 fully saturated rings. The molecular weight excluding hydrogens is 469 g/mol. The second kappa shape index (κ2) is 10.0. The zero-order valence-electron chi connectivity index (χ0n) is 17.7. The largest absolute Gasteiger partial charge is 0.496 e. The fraction of sp³-hybridized carbons (Fsp3) is 0.125. The molecule has 0 spiro atoms. The maximum Gasteiger partial charge on any atom is 0.387 e. The number of Topliss-reactive ketones (excluding diaryl/α,β-unsaturated/α-hetero) is 1. The van der Waals surface area contributed by atoms with Crippen LogP contribution in [0.2, 0.25) is 0 Å². The van der Waals surface area contributed by atoms with Crippen molar-refractivity contribution in [2.24, 2.45) is 0 Å². The Bertz CT molecular complexity index is 1410. The SMILES string of the molecule is COc1ccc(F)cc1C(=O)CSc1nc2ccccc2c(=O)n1-c1ccc(OC(F)F)cc1. The highest BCUT2D eigenvalue weighted by Crippen LogP contribution is 2.26. The van der Waals surface area contributed by atoms with Gasteiger partial charge < -0.3 is 9.47 Å². The van der Waals surface area contributed by atoms with Crippen molar-refractivity contribution in [1.29, 1.82) is 0 Å². The number of hydrogen-bond acceptors (Lipinski definition) is 6. The number of hydrogen-bond donors (Lipinski definition) is 0. The third kappa shape index (κ3) is 4.91. The number of halogens is 3. The van der Waals surface area contributed by atoms with Crippen molar-refractivity contribution >= 4 is 28.4 Å². The van der Waals surface area contributed by atoms with Crippen LogP contribution in [0.3, 0.4) is 0 Å². The molecule has 6 nitrogen and oxygen atoms in total. The van der Waals surface area contributed by atoms with Gasteiger partial charge in [0.1, 0.15) is 17.3 Å². The topological polar surface area (TPSA) is 70.4 Å². The molecule has 0 unspecified atom stereocenters. The van der Waals surface area contributed by atoms with Crippen LogP contribution < -0.4 is 15.0 Å². The Balaban J connectivity index is 1.73. The molecule has 0 saturated heterocycles. The van der Waals surface area contributed by atoms with Gasteiger partial charge in [0.15, 0.2) is 10.9 Å². The molecule has 4 rings (SSSR count). The lowest BCUT2D eigenvalue weighted by Crippen LogP contribution is -2.22. The highest BCUT2D eigenvalue weighted by Gasteiger charge is 2.18. The van der Waals surface area contributed by atoms with Crippen molar-refractivity contribution in [3.05, 3.63) is 88.5 Å². The normalized spacial score (nSPS) is 11.1. The first-order valence-corrected chi connectivity index (χ1v) is 10.9. The molecule has 10 heteroatoms. The molecule has 0 aliphatic rings. The molecule has 1 aromatic heterocycles. The van der Waals surface area contributed by atoms with Gasteiger partial charge in [0.2, 0.25) is 0 Å². The molecule has 0 amide bonds. The van der Waals surface area contributed by atoms with Gasteiger partial charge >= 0.3 is 6.61 Å². The summed E-state index contributed by atoms with van der Waals surface area (Å²) in [6, 6.07) is 15.8. The van der Waals surface area contributed by atoms with E-state index in [0.29, 0.717) is 16.6 Å². The van der Waals surface area contributed by atoms with E-state index >= 15 is 0 Å². The van der Waals surface area contributed by atoms with E-state index in [4.69, 9.17) is 4.74 Å². The zero-order valence-corrected chi connectivity index (χ0v) is 18.5. The van der Waals surface area contributed by atoms with Crippen molar-refractivity contribution in [3.63, 3.8) is 0 Å². The molecular formula is C24H17F3N2O4S. The quantitative estimate of drug-likeness (QED) is 0.196. The van der Waals surface area contributed by atoms with Crippen molar-refractivity contribution in [1.82, 2.24) is 9.55 Å². The van der Waals surface area contributed by atoms with Crippen LogP contribution in [0.1, 0.15) is 10.4 Å². The molecule has 0 atom stereocenters. The first-order chi connectivity index (χ1) is 16.4. The van der Waals surface area contributed by atoms with E-state index in [0.717, 1.165) is 17.8 Å². The summed E-state index contributed by atoms with van der Waals surface area (Å²) in [5.74, 6) is -0.998. The van der Waals surface area contributed by atoms with Gasteiger partial charge in [-0.05, 0) is 54.6 Å². The Morgan fingerprint density at radius 3 is 2.53 bits per heavy atom. The number of carbonyl (C=O) groups excluding carboxylic acids is 1. The Morgan fingerprint density at radius 2 is 1.82 bits per heavy atom. The van der Waals surface area contributed by atoms with Crippen molar-refractivity contribution in [2.75, 3.05) is 12.9 Å². The van der Waals surface area contributed by atoms with Crippen LogP contribution in [0.15, 0.2) is 76.7 Å². The van der Waals surface area contributed by atoms with Crippen LogP contribution in [0, 0.1) is 5.82 Å². The number of alkyl halides is 2. The van der Waals surface area contributed by atoms with Gasteiger partial charge in [0.25, 0.3) is 5.56 Å². The number of ether oxygens (including phenoxy) is 2. The lowest BCUT2D eigenvalue weighted by molar-refractivity contribution is -0.0498. The van der Waals surface area contributed by atoms with Crippen LogP contribution >= 0.6 is 11.8 Å². The first-order valence-electron chi connectivity index (χ1n) is 9.94. The summed E-state index contributed by atoms with van der Waals surface area (Å²) < 4.78 is 49.5. The summed E-state index contributed by atoms with van der Waals surface area (Å²) in [6.45, 7) is -2.98. The zero-order chi connectivity index (χ0) is 24.2. The van der Waals surface area contributed by atoms with Gasteiger partial charge in [0.05, 0.1) is 35.0 Å². The number of benzene rings is 3. The molecule has 0 saturated carbocycles. The van der Waals surface area contributed by atoms with Gasteiger partial charge in [-0.1, -0.05) is 23.9 Å². The van der Waals surface area contributed by atoms with Crippen LogP contribution in [0.4, 0.5) is 13.2 Å². The van der Waals surface area contributed by atoms with Crippen molar-refractivity contribution in [2.45, 2.75) is 11.8 Å². The van der Waals surface area contributed by atoms with E-state index in [9.17, 15) is 22.8 Å². The van der Waals surface area contributed by atoms with Crippen LogP contribution in [-0.2, 0) is 0 Å². The molecule has 0 N–H and O–H groups in total. The molecule has 174 valence electrons. The van der Waals surface area contributed by atoms with Gasteiger partial charge in [-0.15, -0.1) is 0 Å². The van der Waals surface area contributed by atoms with Gasteiger partial charge in [-0.25, -0.2) is 9.37 Å². The summed E-state index contributed by atoms with van der Waals surface area (Å²) in [4.78, 5) is 30.6. The van der Waals surface area contributed by atoms with Crippen LogP contribution in [-0.4, -0.2) is 34.8 Å². The first kappa shape index (κ1) is 23.4. The fourth-order valence-corrected chi connectivity index (χ4v) is 4.22. The molecule has 1 heterocycles. The van der Waals surface area contributed by atoms with E-state index in [1.807, 2.05) is 0 Å². The van der Waals surface area contributed by atoms with E-state index in [2.05, 4.69) is 9.72 Å². The smallest absolute Gasteiger partial charge is 0.387 e. The maximum absolute atomic E-state index is 13.7. The summed E-state index contributed by atoms with van der Waals surface area (Å²) in [6.07, 6.45) is 0. The second-order valence-electron chi connectivity index (χ2n) is 6.98. The van der Waals surface area contributed by atoms with Crippen LogP contribution in [0.5, 0.6) is 11.5 Å². The third-order valence-corrected chi connectivity index (χ3v) is 5.80. The molecule has 0 aliphatic heterocycles. The molecule has 0 radical (unpaired) electrons. The monoisotopic (exact) mass is 486 g/mol. The molecule has 34 heavy (non-hydrogen) atoms. The standard InChI is InChI=1S/C24H17F3N2O4S/c1-32-21-11-6-14(25)12-18(21)20(30)13-34-24-28-19-5-3-2-4-17(19)22(31)29(24)15-7-9-16(10-8-15)33-23(26)27/h2-12,23H,13H2,1H3. The lowest BCUT2D eigenvalue weighted by atomic mass is 10.1. The number of aromatic nitrogens is 2. The number of rotatable bonds is 8. The Hall–Kier alpha value is -3.79. The number of para-hydroxylation sites is 1. The maximum atomic E-state index is 13.7. The van der Waals surface area contributed by atoms with E-state index in [1.165, 1.54) is 48.1 Å². The van der Waals surface area contributed by atoms with Gasteiger partial charge in [-0.3, -0.25) is 14.2 Å². The Kier molecular flexibility index (Phi) is 6.87. The van der Waals surface area contributed by atoms with E-state index in [1.54, 1.807) is 24.3 Å². The number of methoxy groups -OCH3 is 1. The minimum atomic E-state index is -2.98. The summed E-state index contributed by atoms with van der Waals surface area (Å²) in [5.41, 5.74) is 0.451. The molecule has 0 bridgehead atoms. The summed E-state index contributed by atoms with van der Waals surface area (Å²) in [5, 5.41) is 0.549. The van der Waals surface area contributed by atoms with Crippen molar-refractivity contribution in [3.8, 4) is 17.2 Å².